The van der Waals surface area contributed by atoms with E-state index in [4.69, 9.17) is 5.73 Å². The van der Waals surface area contributed by atoms with Crippen LogP contribution in [-0.2, 0) is 4.79 Å². The molecule has 3 aliphatic heterocycles. The highest BCUT2D eigenvalue weighted by molar-refractivity contribution is 5.79. The first-order chi connectivity index (χ1) is 12.7. The minimum Gasteiger partial charge on any atom is -0.368 e. The molecule has 3 saturated heterocycles. The van der Waals surface area contributed by atoms with Crippen molar-refractivity contribution >= 4 is 17.7 Å². The molecular formula is C19H30N6O. The van der Waals surface area contributed by atoms with E-state index in [9.17, 15) is 4.79 Å². The predicted molar refractivity (Wildman–Crippen MR) is 102 cm³/mol. The number of nitrogens with two attached hydrogens (primary N) is 1. The maximum absolute atomic E-state index is 12.8. The van der Waals surface area contributed by atoms with E-state index >= 15 is 0 Å². The molecule has 1 atom stereocenters. The lowest BCUT2D eigenvalue weighted by Crippen LogP contribution is -2.51. The summed E-state index contributed by atoms with van der Waals surface area (Å²) in [7, 11) is 0. The number of piperidine rings is 2. The van der Waals surface area contributed by atoms with Crippen molar-refractivity contribution in [2.75, 3.05) is 49.9 Å². The molecule has 1 amide bonds. The number of carbonyl (C=O) groups is 1. The highest BCUT2D eigenvalue weighted by Gasteiger charge is 2.34. The first kappa shape index (κ1) is 17.5. The maximum Gasteiger partial charge on any atom is 0.226 e. The predicted octanol–water partition coefficient (Wildman–Crippen LogP) is 1.36. The smallest absolute Gasteiger partial charge is 0.226 e. The number of hydrogen-bond acceptors (Lipinski definition) is 6. The van der Waals surface area contributed by atoms with Gasteiger partial charge in [0, 0.05) is 45.0 Å². The highest BCUT2D eigenvalue weighted by atomic mass is 16.2. The Morgan fingerprint density at radius 3 is 2.54 bits per heavy atom. The lowest BCUT2D eigenvalue weighted by molar-refractivity contribution is -0.136. The van der Waals surface area contributed by atoms with Gasteiger partial charge < -0.3 is 15.5 Å². The molecule has 0 bridgehead atoms. The average molecular weight is 358 g/mol. The molecule has 26 heavy (non-hydrogen) atoms. The van der Waals surface area contributed by atoms with Crippen LogP contribution in [-0.4, -0.2) is 71.0 Å². The van der Waals surface area contributed by atoms with Gasteiger partial charge in [-0.2, -0.15) is 4.98 Å². The van der Waals surface area contributed by atoms with Crippen molar-refractivity contribution in [2.24, 2.45) is 5.92 Å². The summed E-state index contributed by atoms with van der Waals surface area (Å²) in [6, 6.07) is 2.52. The Hall–Kier alpha value is -1.89. The first-order valence-corrected chi connectivity index (χ1v) is 10.1. The zero-order valence-corrected chi connectivity index (χ0v) is 15.5. The summed E-state index contributed by atoms with van der Waals surface area (Å²) in [6.07, 6.45) is 8.52. The van der Waals surface area contributed by atoms with Crippen LogP contribution in [0.1, 0.15) is 38.5 Å². The first-order valence-electron chi connectivity index (χ1n) is 10.1. The van der Waals surface area contributed by atoms with Gasteiger partial charge in [-0.25, -0.2) is 4.98 Å². The number of anilines is 2. The van der Waals surface area contributed by atoms with Crippen LogP contribution in [0, 0.1) is 5.92 Å². The molecule has 4 rings (SSSR count). The molecule has 0 aliphatic carbocycles. The number of nitrogens with zero attached hydrogens (tertiary/aromatic N) is 5. The van der Waals surface area contributed by atoms with Crippen LogP contribution < -0.4 is 10.6 Å². The second-order valence-electron chi connectivity index (χ2n) is 7.86. The highest BCUT2D eigenvalue weighted by Crippen LogP contribution is 2.27. The van der Waals surface area contributed by atoms with Gasteiger partial charge in [-0.05, 0) is 51.1 Å². The van der Waals surface area contributed by atoms with Crippen LogP contribution >= 0.6 is 0 Å². The fourth-order valence-electron chi connectivity index (χ4n) is 4.74. The quantitative estimate of drug-likeness (QED) is 0.879. The Morgan fingerprint density at radius 2 is 1.81 bits per heavy atom. The van der Waals surface area contributed by atoms with Crippen LogP contribution in [0.3, 0.4) is 0 Å². The summed E-state index contributed by atoms with van der Waals surface area (Å²) in [6.45, 7) is 5.99. The minimum absolute atomic E-state index is 0.210. The third-order valence-corrected chi connectivity index (χ3v) is 6.18. The van der Waals surface area contributed by atoms with Crippen molar-refractivity contribution in [3.8, 4) is 0 Å². The van der Waals surface area contributed by atoms with Gasteiger partial charge in [0.05, 0.1) is 5.92 Å². The number of hydrogen-bond donors (Lipinski definition) is 1. The minimum atomic E-state index is 0.210. The molecule has 2 N–H and O–H groups in total. The van der Waals surface area contributed by atoms with Gasteiger partial charge in [0.1, 0.15) is 5.82 Å². The Balaban J connectivity index is 1.31. The van der Waals surface area contributed by atoms with E-state index < -0.39 is 0 Å². The molecule has 0 saturated carbocycles. The number of rotatable bonds is 3. The Labute approximate surface area is 155 Å². The summed E-state index contributed by atoms with van der Waals surface area (Å²) in [4.78, 5) is 28.0. The van der Waals surface area contributed by atoms with E-state index in [0.29, 0.717) is 17.9 Å². The lowest BCUT2D eigenvalue weighted by Gasteiger charge is -2.42. The standard InChI is InChI=1S/C19H30N6O/c20-19-21-8-5-17(22-19)23-12-6-16(7-13-23)25-11-3-4-15(14-25)18(26)24-9-1-2-10-24/h5,8,15-16H,1-4,6-7,9-14H2,(H2,20,21,22)/t15-/m1/s1. The zero-order chi connectivity index (χ0) is 17.9. The van der Waals surface area contributed by atoms with Crippen molar-refractivity contribution in [1.29, 1.82) is 0 Å². The molecule has 7 heteroatoms. The van der Waals surface area contributed by atoms with Gasteiger partial charge >= 0.3 is 0 Å². The summed E-state index contributed by atoms with van der Waals surface area (Å²) >= 11 is 0. The normalized spacial score (nSPS) is 25.6. The molecular weight excluding hydrogens is 328 g/mol. The molecule has 0 spiro atoms. The molecule has 3 fully saturated rings. The van der Waals surface area contributed by atoms with Crippen molar-refractivity contribution in [3.63, 3.8) is 0 Å². The maximum atomic E-state index is 12.8. The number of nitrogen functional groups attached to an aromatic ring is 1. The van der Waals surface area contributed by atoms with E-state index in [1.807, 2.05) is 6.07 Å². The molecule has 142 valence electrons. The zero-order valence-electron chi connectivity index (χ0n) is 15.5. The Bertz CT molecular complexity index is 624. The molecule has 1 aromatic heterocycles. The molecule has 3 aliphatic rings. The monoisotopic (exact) mass is 358 g/mol. The Kier molecular flexibility index (Phi) is 5.24. The fraction of sp³-hybridized carbons (Fsp3) is 0.737. The van der Waals surface area contributed by atoms with Crippen LogP contribution in [0.4, 0.5) is 11.8 Å². The van der Waals surface area contributed by atoms with Crippen molar-refractivity contribution in [3.05, 3.63) is 12.3 Å². The van der Waals surface area contributed by atoms with Crippen LogP contribution in [0.15, 0.2) is 12.3 Å². The lowest BCUT2D eigenvalue weighted by atomic mass is 9.93. The van der Waals surface area contributed by atoms with Gasteiger partial charge in [-0.15, -0.1) is 0 Å². The van der Waals surface area contributed by atoms with Gasteiger partial charge in [-0.3, -0.25) is 9.69 Å². The number of likely N-dealkylation sites (tertiary alicyclic amines) is 2. The van der Waals surface area contributed by atoms with E-state index in [1.165, 1.54) is 12.8 Å². The molecule has 4 heterocycles. The third kappa shape index (κ3) is 3.77. The van der Waals surface area contributed by atoms with Crippen molar-refractivity contribution in [2.45, 2.75) is 44.6 Å². The van der Waals surface area contributed by atoms with E-state index in [2.05, 4.69) is 24.7 Å². The third-order valence-electron chi connectivity index (χ3n) is 6.18. The average Bonchev–Trinajstić information content (AvgIpc) is 3.22. The van der Waals surface area contributed by atoms with Gasteiger partial charge in [0.25, 0.3) is 0 Å². The number of carbonyl (C=O) groups excluding carboxylic acids is 1. The van der Waals surface area contributed by atoms with Gasteiger partial charge in [-0.1, -0.05) is 0 Å². The summed E-state index contributed by atoms with van der Waals surface area (Å²) in [5.41, 5.74) is 5.71. The van der Waals surface area contributed by atoms with Crippen LogP contribution in [0.2, 0.25) is 0 Å². The largest absolute Gasteiger partial charge is 0.368 e. The molecule has 0 aromatic carbocycles. The fourth-order valence-corrected chi connectivity index (χ4v) is 4.74. The Morgan fingerprint density at radius 1 is 1.04 bits per heavy atom. The van der Waals surface area contributed by atoms with E-state index in [1.54, 1.807) is 6.20 Å². The van der Waals surface area contributed by atoms with Crippen LogP contribution in [0.25, 0.3) is 0 Å². The van der Waals surface area contributed by atoms with Crippen LogP contribution in [0.5, 0.6) is 0 Å². The topological polar surface area (TPSA) is 78.6 Å². The molecule has 0 unspecified atom stereocenters. The van der Waals surface area contributed by atoms with Gasteiger partial charge in [0.15, 0.2) is 0 Å². The number of amides is 1. The summed E-state index contributed by atoms with van der Waals surface area (Å²) in [5, 5.41) is 0. The van der Waals surface area contributed by atoms with Gasteiger partial charge in [0.2, 0.25) is 11.9 Å². The second-order valence-corrected chi connectivity index (χ2v) is 7.86. The van der Waals surface area contributed by atoms with E-state index in [-0.39, 0.29) is 5.92 Å². The molecule has 0 radical (unpaired) electrons. The summed E-state index contributed by atoms with van der Waals surface area (Å²) < 4.78 is 0. The summed E-state index contributed by atoms with van der Waals surface area (Å²) in [5.74, 6) is 1.88. The SMILES string of the molecule is Nc1nccc(N2CCC(N3CCC[C@@H](C(=O)N4CCCC4)C3)CC2)n1. The van der Waals surface area contributed by atoms with E-state index in [0.717, 1.165) is 70.8 Å². The van der Waals surface area contributed by atoms with Crippen molar-refractivity contribution in [1.82, 2.24) is 19.8 Å². The molecule has 1 aromatic rings. The van der Waals surface area contributed by atoms with Crippen molar-refractivity contribution < 1.29 is 4.79 Å². The molecule has 7 nitrogen and oxygen atoms in total. The number of aromatic nitrogens is 2. The second kappa shape index (κ2) is 7.78.